The molecule has 1 N–H and O–H groups in total. The van der Waals surface area contributed by atoms with Crippen LogP contribution < -0.4 is 14.3 Å². The Labute approximate surface area is 123 Å². The molecule has 0 unspecified atom stereocenters. The fourth-order valence-corrected chi connectivity index (χ4v) is 2.68. The lowest BCUT2D eigenvalue weighted by atomic mass is 10.2. The summed E-state index contributed by atoms with van der Waals surface area (Å²) in [4.78, 5) is 11.0. The molecule has 0 saturated carbocycles. The van der Waals surface area contributed by atoms with Crippen LogP contribution in [0.3, 0.4) is 0 Å². The zero-order valence-corrected chi connectivity index (χ0v) is 12.4. The minimum atomic E-state index is -3.93. The van der Waals surface area contributed by atoms with E-state index in [1.165, 1.54) is 37.5 Å². The van der Waals surface area contributed by atoms with Crippen molar-refractivity contribution in [3.63, 3.8) is 0 Å². The van der Waals surface area contributed by atoms with E-state index in [1.807, 2.05) is 0 Å². The van der Waals surface area contributed by atoms with Crippen molar-refractivity contribution < 1.29 is 22.2 Å². The third kappa shape index (κ3) is 3.79. The Hall–Kier alpha value is -2.41. The van der Waals surface area contributed by atoms with Crippen LogP contribution in [0, 0.1) is 6.92 Å². The smallest absolute Gasteiger partial charge is 0.326 e. The second-order valence-electron chi connectivity index (χ2n) is 4.42. The SMILES string of the molecule is CC(=O)Nc1ccc(S(=O)(=O)O[n+]2ccccc2)cc1C. The molecule has 21 heavy (non-hydrogen) atoms. The number of nitrogens with one attached hydrogen (secondary N) is 1. The molecule has 1 amide bonds. The van der Waals surface area contributed by atoms with Crippen LogP contribution in [0.15, 0.2) is 53.7 Å². The van der Waals surface area contributed by atoms with Crippen LogP contribution in [0.25, 0.3) is 0 Å². The Morgan fingerprint density at radius 2 is 1.86 bits per heavy atom. The number of benzene rings is 1. The molecule has 0 aliphatic carbocycles. The lowest BCUT2D eigenvalue weighted by molar-refractivity contribution is -0.856. The molecule has 1 aromatic heterocycles. The van der Waals surface area contributed by atoms with E-state index in [4.69, 9.17) is 4.28 Å². The number of anilines is 1. The standard InChI is InChI=1S/C14H14N2O4S/c1-11-10-13(6-7-14(11)15-12(2)17)21(18,19)20-16-8-4-3-5-9-16/h3-10H,1-2H3/p+1. The number of amides is 1. The molecular weight excluding hydrogens is 292 g/mol. The monoisotopic (exact) mass is 307 g/mol. The van der Waals surface area contributed by atoms with Crippen LogP contribution >= 0.6 is 0 Å². The molecule has 2 rings (SSSR count). The minimum Gasteiger partial charge on any atom is -0.326 e. The fraction of sp³-hybridized carbons (Fsp3) is 0.143. The van der Waals surface area contributed by atoms with Gasteiger partial charge in [0.25, 0.3) is 0 Å². The predicted molar refractivity (Wildman–Crippen MR) is 75.9 cm³/mol. The molecule has 1 heterocycles. The van der Waals surface area contributed by atoms with Gasteiger partial charge in [-0.05, 0) is 30.7 Å². The molecular formula is C14H15N2O4S+. The highest BCUT2D eigenvalue weighted by atomic mass is 32.2. The van der Waals surface area contributed by atoms with Crippen LogP contribution in [0.4, 0.5) is 5.69 Å². The van der Waals surface area contributed by atoms with E-state index in [-0.39, 0.29) is 10.8 Å². The topological polar surface area (TPSA) is 76.3 Å². The van der Waals surface area contributed by atoms with E-state index in [0.717, 1.165) is 4.73 Å². The third-order valence-corrected chi connectivity index (χ3v) is 3.87. The van der Waals surface area contributed by atoms with Crippen molar-refractivity contribution in [2.45, 2.75) is 18.7 Å². The van der Waals surface area contributed by atoms with Gasteiger partial charge in [-0.25, -0.2) is 0 Å². The summed E-state index contributed by atoms with van der Waals surface area (Å²) in [6.45, 7) is 3.10. The summed E-state index contributed by atoms with van der Waals surface area (Å²) >= 11 is 0. The lowest BCUT2D eigenvalue weighted by Crippen LogP contribution is -2.44. The summed E-state index contributed by atoms with van der Waals surface area (Å²) < 4.78 is 30.4. The van der Waals surface area contributed by atoms with E-state index in [1.54, 1.807) is 25.1 Å². The molecule has 110 valence electrons. The highest BCUT2D eigenvalue weighted by Crippen LogP contribution is 2.19. The molecule has 0 aliphatic rings. The maximum atomic E-state index is 12.2. The average Bonchev–Trinajstić information content (AvgIpc) is 2.41. The summed E-state index contributed by atoms with van der Waals surface area (Å²) in [5.74, 6) is -0.218. The molecule has 0 saturated heterocycles. The zero-order chi connectivity index (χ0) is 15.5. The normalized spacial score (nSPS) is 11.0. The van der Waals surface area contributed by atoms with Crippen LogP contribution in [0.2, 0.25) is 0 Å². The van der Waals surface area contributed by atoms with Crippen molar-refractivity contribution in [3.8, 4) is 0 Å². The number of rotatable bonds is 4. The number of carbonyl (C=O) groups excluding carboxylic acids is 1. The van der Waals surface area contributed by atoms with Crippen LogP contribution in [-0.4, -0.2) is 14.3 Å². The number of pyridine rings is 1. The number of aromatic nitrogens is 1. The largest absolute Gasteiger partial charge is 0.396 e. The second kappa shape index (κ2) is 5.92. The van der Waals surface area contributed by atoms with E-state index in [2.05, 4.69) is 5.32 Å². The van der Waals surface area contributed by atoms with E-state index < -0.39 is 10.1 Å². The lowest BCUT2D eigenvalue weighted by Gasteiger charge is -2.07. The molecule has 0 atom stereocenters. The third-order valence-electron chi connectivity index (χ3n) is 2.67. The molecule has 2 aromatic rings. The Bertz CT molecular complexity index is 758. The van der Waals surface area contributed by atoms with Crippen molar-refractivity contribution in [1.82, 2.24) is 0 Å². The first kappa shape index (κ1) is 15.0. The molecule has 0 aliphatic heterocycles. The van der Waals surface area contributed by atoms with E-state index in [9.17, 15) is 13.2 Å². The van der Waals surface area contributed by atoms with Crippen LogP contribution in [0.1, 0.15) is 12.5 Å². The van der Waals surface area contributed by atoms with Crippen molar-refractivity contribution >= 4 is 21.7 Å². The molecule has 0 bridgehead atoms. The fourth-order valence-electron chi connectivity index (χ4n) is 1.71. The summed E-state index contributed by atoms with van der Waals surface area (Å²) in [7, 11) is -3.93. The molecule has 1 aromatic carbocycles. The molecule has 7 heteroatoms. The maximum Gasteiger partial charge on any atom is 0.396 e. The minimum absolute atomic E-state index is 0.0189. The number of nitrogens with zero attached hydrogens (tertiary/aromatic N) is 1. The Morgan fingerprint density at radius 1 is 1.19 bits per heavy atom. The van der Waals surface area contributed by atoms with Gasteiger partial charge in [-0.2, -0.15) is 8.42 Å². The molecule has 0 spiro atoms. The van der Waals surface area contributed by atoms with Crippen molar-refractivity contribution in [3.05, 3.63) is 54.4 Å². The van der Waals surface area contributed by atoms with Gasteiger partial charge in [-0.3, -0.25) is 4.79 Å². The Morgan fingerprint density at radius 3 is 2.43 bits per heavy atom. The molecule has 0 fully saturated rings. The van der Waals surface area contributed by atoms with Gasteiger partial charge >= 0.3 is 10.1 Å². The average molecular weight is 307 g/mol. The highest BCUT2D eigenvalue weighted by molar-refractivity contribution is 7.86. The van der Waals surface area contributed by atoms with Crippen LogP contribution in [0.5, 0.6) is 0 Å². The Kier molecular flexibility index (Phi) is 4.23. The van der Waals surface area contributed by atoms with Gasteiger partial charge in [0, 0.05) is 29.5 Å². The first-order valence-corrected chi connectivity index (χ1v) is 7.59. The number of carbonyl (C=O) groups is 1. The van der Waals surface area contributed by atoms with Gasteiger partial charge in [0.15, 0.2) is 0 Å². The van der Waals surface area contributed by atoms with Gasteiger partial charge in [0.1, 0.15) is 4.90 Å². The predicted octanol–water partition coefficient (Wildman–Crippen LogP) is 1.06. The van der Waals surface area contributed by atoms with Gasteiger partial charge < -0.3 is 5.32 Å². The van der Waals surface area contributed by atoms with E-state index in [0.29, 0.717) is 11.3 Å². The summed E-state index contributed by atoms with van der Waals surface area (Å²) in [6.07, 6.45) is 2.96. The first-order chi connectivity index (χ1) is 9.88. The van der Waals surface area contributed by atoms with Gasteiger partial charge in [-0.1, -0.05) is 6.07 Å². The highest BCUT2D eigenvalue weighted by Gasteiger charge is 2.22. The van der Waals surface area contributed by atoms with Gasteiger partial charge in [-0.15, -0.1) is 4.28 Å². The van der Waals surface area contributed by atoms with Gasteiger partial charge in [0.05, 0.1) is 0 Å². The molecule has 0 radical (unpaired) electrons. The van der Waals surface area contributed by atoms with Crippen molar-refractivity contribution in [2.24, 2.45) is 0 Å². The molecule has 6 nitrogen and oxygen atoms in total. The number of aryl methyl sites for hydroxylation is 1. The van der Waals surface area contributed by atoms with Gasteiger partial charge in [0.2, 0.25) is 18.3 Å². The van der Waals surface area contributed by atoms with Crippen LogP contribution in [-0.2, 0) is 14.9 Å². The van der Waals surface area contributed by atoms with E-state index >= 15 is 0 Å². The quantitative estimate of drug-likeness (QED) is 0.857. The van der Waals surface area contributed by atoms with Crippen molar-refractivity contribution in [1.29, 1.82) is 0 Å². The summed E-state index contributed by atoms with van der Waals surface area (Å²) in [5.41, 5.74) is 1.20. The first-order valence-electron chi connectivity index (χ1n) is 6.18. The number of hydrogen-bond acceptors (Lipinski definition) is 4. The summed E-state index contributed by atoms with van der Waals surface area (Å²) in [6, 6.07) is 9.42. The summed E-state index contributed by atoms with van der Waals surface area (Å²) in [5, 5.41) is 2.62. The zero-order valence-electron chi connectivity index (χ0n) is 11.6. The number of hydrogen-bond donors (Lipinski definition) is 1. The maximum absolute atomic E-state index is 12.2. The van der Waals surface area contributed by atoms with Crippen molar-refractivity contribution in [2.75, 3.05) is 5.32 Å². The Balaban J connectivity index is 2.29. The second-order valence-corrected chi connectivity index (χ2v) is 5.95.